The largest absolute Gasteiger partial charge is 0.465 e. The molecule has 1 atom stereocenters. The number of hydrogen-bond donors (Lipinski definition) is 3. The number of fused-ring (bicyclic) bond motifs is 1. The van der Waals surface area contributed by atoms with Gasteiger partial charge in [0.2, 0.25) is 5.91 Å². The molecule has 0 bridgehead atoms. The van der Waals surface area contributed by atoms with E-state index in [0.29, 0.717) is 19.5 Å². The van der Waals surface area contributed by atoms with Crippen molar-refractivity contribution in [2.45, 2.75) is 32.2 Å². The number of para-hydroxylation sites is 1. The molecular weight excluding hydrogens is 366 g/mol. The van der Waals surface area contributed by atoms with E-state index in [1.54, 1.807) is 4.90 Å². The molecule has 1 heterocycles. The Labute approximate surface area is 170 Å². The van der Waals surface area contributed by atoms with E-state index >= 15 is 0 Å². The molecule has 3 N–H and O–H groups in total. The molecule has 152 valence electrons. The van der Waals surface area contributed by atoms with Crippen LogP contribution in [0.5, 0.6) is 0 Å². The van der Waals surface area contributed by atoms with Gasteiger partial charge in [-0.1, -0.05) is 48.5 Å². The first-order valence-electron chi connectivity index (χ1n) is 9.72. The van der Waals surface area contributed by atoms with Crippen molar-refractivity contribution in [2.75, 3.05) is 13.1 Å². The van der Waals surface area contributed by atoms with Crippen LogP contribution in [0.1, 0.15) is 25.0 Å². The van der Waals surface area contributed by atoms with Gasteiger partial charge in [0.15, 0.2) is 0 Å². The van der Waals surface area contributed by atoms with Crippen molar-refractivity contribution in [3.8, 4) is 0 Å². The Bertz CT molecular complexity index is 983. The van der Waals surface area contributed by atoms with Gasteiger partial charge in [0.05, 0.1) is 5.54 Å². The van der Waals surface area contributed by atoms with Crippen LogP contribution >= 0.6 is 0 Å². The monoisotopic (exact) mass is 393 g/mol. The Kier molecular flexibility index (Phi) is 6.22. The molecule has 2 amide bonds. The number of rotatable bonds is 8. The van der Waals surface area contributed by atoms with Crippen molar-refractivity contribution in [3.05, 3.63) is 71.9 Å². The van der Waals surface area contributed by atoms with Gasteiger partial charge < -0.3 is 20.3 Å². The summed E-state index contributed by atoms with van der Waals surface area (Å²) in [6.07, 6.45) is 2.00. The summed E-state index contributed by atoms with van der Waals surface area (Å²) in [7, 11) is 0. The van der Waals surface area contributed by atoms with Crippen LogP contribution < -0.4 is 5.32 Å². The minimum absolute atomic E-state index is 0.0710. The maximum atomic E-state index is 12.3. The normalized spacial score (nSPS) is 13.0. The van der Waals surface area contributed by atoms with E-state index in [-0.39, 0.29) is 5.91 Å². The highest BCUT2D eigenvalue weighted by atomic mass is 16.4. The lowest BCUT2D eigenvalue weighted by Gasteiger charge is -2.35. The Morgan fingerprint density at radius 1 is 1.10 bits per heavy atom. The molecule has 0 fully saturated rings. The summed E-state index contributed by atoms with van der Waals surface area (Å²) < 4.78 is 0. The van der Waals surface area contributed by atoms with Gasteiger partial charge >= 0.3 is 6.09 Å². The van der Waals surface area contributed by atoms with Gasteiger partial charge in [0.1, 0.15) is 0 Å². The van der Waals surface area contributed by atoms with Crippen molar-refractivity contribution in [3.63, 3.8) is 0 Å². The Hall–Kier alpha value is -3.28. The minimum atomic E-state index is -1.10. The highest BCUT2D eigenvalue weighted by Gasteiger charge is 2.31. The summed E-state index contributed by atoms with van der Waals surface area (Å²) in [5.74, 6) is -0.0710. The highest BCUT2D eigenvalue weighted by molar-refractivity contribution is 5.83. The Morgan fingerprint density at radius 3 is 2.48 bits per heavy atom. The summed E-state index contributed by atoms with van der Waals surface area (Å²) in [5, 5.41) is 13.1. The van der Waals surface area contributed by atoms with Crippen LogP contribution in [0, 0.1) is 0 Å². The molecule has 6 nitrogen and oxygen atoms in total. The number of carbonyl (C=O) groups is 2. The quantitative estimate of drug-likeness (QED) is 0.544. The lowest BCUT2D eigenvalue weighted by molar-refractivity contribution is -0.129. The number of nitrogens with zero attached hydrogens (tertiary/aromatic N) is 1. The molecule has 0 aliphatic rings. The number of nitrogens with one attached hydrogen (secondary N) is 2. The molecule has 0 aliphatic carbocycles. The average molecular weight is 393 g/mol. The summed E-state index contributed by atoms with van der Waals surface area (Å²) in [5.41, 5.74) is 2.35. The third kappa shape index (κ3) is 5.38. The molecule has 6 heteroatoms. The molecule has 0 saturated carbocycles. The number of amides is 2. The lowest BCUT2D eigenvalue weighted by Crippen LogP contribution is -2.55. The number of hydrogen-bond acceptors (Lipinski definition) is 2. The van der Waals surface area contributed by atoms with Crippen LogP contribution in [0.15, 0.2) is 60.8 Å². The van der Waals surface area contributed by atoms with Crippen molar-refractivity contribution in [2.24, 2.45) is 0 Å². The smallest absolute Gasteiger partial charge is 0.405 e. The van der Waals surface area contributed by atoms with E-state index in [9.17, 15) is 14.7 Å². The SMILES string of the molecule is CC(=O)N(CCc1ccccc1)C[C@@](C)(Cc1c[nH]c2ccccc12)NC(=O)O. The first kappa shape index (κ1) is 20.5. The maximum absolute atomic E-state index is 12.3. The number of H-pyrrole nitrogens is 1. The molecule has 0 spiro atoms. The van der Waals surface area contributed by atoms with Crippen LogP contribution in [0.25, 0.3) is 10.9 Å². The molecule has 3 aromatic rings. The fraction of sp³-hybridized carbons (Fsp3) is 0.304. The minimum Gasteiger partial charge on any atom is -0.465 e. The number of aromatic amines is 1. The molecule has 0 unspecified atom stereocenters. The van der Waals surface area contributed by atoms with Crippen LogP contribution in [0.2, 0.25) is 0 Å². The molecule has 2 aromatic carbocycles. The molecule has 0 saturated heterocycles. The second kappa shape index (κ2) is 8.82. The second-order valence-electron chi connectivity index (χ2n) is 7.70. The van der Waals surface area contributed by atoms with Crippen LogP contribution in [-0.4, -0.2) is 45.6 Å². The lowest BCUT2D eigenvalue weighted by atomic mass is 9.91. The summed E-state index contributed by atoms with van der Waals surface area (Å²) >= 11 is 0. The van der Waals surface area contributed by atoms with Gasteiger partial charge in [-0.25, -0.2) is 4.79 Å². The summed E-state index contributed by atoms with van der Waals surface area (Å²) in [4.78, 5) is 28.8. The third-order valence-corrected chi connectivity index (χ3v) is 5.16. The number of aromatic nitrogens is 1. The van der Waals surface area contributed by atoms with Gasteiger partial charge in [0, 0.05) is 37.1 Å². The third-order valence-electron chi connectivity index (χ3n) is 5.16. The van der Waals surface area contributed by atoms with Gasteiger partial charge in [-0.2, -0.15) is 0 Å². The summed E-state index contributed by atoms with van der Waals surface area (Å²) in [6.45, 7) is 4.20. The predicted molar refractivity (Wildman–Crippen MR) is 114 cm³/mol. The van der Waals surface area contributed by atoms with Gasteiger partial charge in [-0.05, 0) is 37.0 Å². The van der Waals surface area contributed by atoms with Crippen molar-refractivity contribution < 1.29 is 14.7 Å². The first-order chi connectivity index (χ1) is 13.9. The highest BCUT2D eigenvalue weighted by Crippen LogP contribution is 2.23. The van der Waals surface area contributed by atoms with E-state index in [1.807, 2.05) is 67.7 Å². The fourth-order valence-electron chi connectivity index (χ4n) is 3.77. The van der Waals surface area contributed by atoms with E-state index < -0.39 is 11.6 Å². The predicted octanol–water partition coefficient (Wildman–Crippen LogP) is 3.83. The van der Waals surface area contributed by atoms with Crippen molar-refractivity contribution >= 4 is 22.9 Å². The molecule has 0 radical (unpaired) electrons. The molecule has 0 aliphatic heterocycles. The Morgan fingerprint density at radius 2 is 1.79 bits per heavy atom. The van der Waals surface area contributed by atoms with Crippen LogP contribution in [-0.2, 0) is 17.6 Å². The molecule has 29 heavy (non-hydrogen) atoms. The molecule has 3 rings (SSSR count). The van der Waals surface area contributed by atoms with Gasteiger partial charge in [-0.15, -0.1) is 0 Å². The van der Waals surface area contributed by atoms with Gasteiger partial charge in [0.25, 0.3) is 0 Å². The summed E-state index contributed by atoms with van der Waals surface area (Å²) in [6, 6.07) is 17.9. The number of benzene rings is 2. The zero-order chi connectivity index (χ0) is 20.9. The van der Waals surface area contributed by atoms with Gasteiger partial charge in [-0.3, -0.25) is 4.79 Å². The van der Waals surface area contributed by atoms with Crippen molar-refractivity contribution in [1.82, 2.24) is 15.2 Å². The fourth-order valence-corrected chi connectivity index (χ4v) is 3.77. The molecule has 1 aromatic heterocycles. The van der Waals surface area contributed by atoms with E-state index in [1.165, 1.54) is 6.92 Å². The standard InChI is InChI=1S/C23H27N3O3/c1-17(27)26(13-12-18-8-4-3-5-9-18)16-23(2,25-22(28)29)14-19-15-24-21-11-7-6-10-20(19)21/h3-11,15,24-25H,12-14,16H2,1-2H3,(H,28,29)/t23-/m1/s1. The van der Waals surface area contributed by atoms with Crippen molar-refractivity contribution in [1.29, 1.82) is 0 Å². The van der Waals surface area contributed by atoms with Crippen LogP contribution in [0.3, 0.4) is 0 Å². The zero-order valence-electron chi connectivity index (χ0n) is 16.8. The first-order valence-corrected chi connectivity index (χ1v) is 9.72. The topological polar surface area (TPSA) is 85.4 Å². The van der Waals surface area contributed by atoms with E-state index in [0.717, 1.165) is 28.5 Å². The second-order valence-corrected chi connectivity index (χ2v) is 7.70. The molecular formula is C23H27N3O3. The number of carbonyl (C=O) groups excluding carboxylic acids is 1. The zero-order valence-corrected chi connectivity index (χ0v) is 16.8. The van der Waals surface area contributed by atoms with E-state index in [2.05, 4.69) is 10.3 Å². The maximum Gasteiger partial charge on any atom is 0.405 e. The van der Waals surface area contributed by atoms with E-state index in [4.69, 9.17) is 0 Å². The average Bonchev–Trinajstić information content (AvgIpc) is 3.08. The Balaban J connectivity index is 1.79. The number of carboxylic acid groups (broad SMARTS) is 1. The van der Waals surface area contributed by atoms with Crippen LogP contribution in [0.4, 0.5) is 4.79 Å².